The number of carbonyl (C=O) groups is 3. The smallest absolute Gasteiger partial charge is 0.255 e. The summed E-state index contributed by atoms with van der Waals surface area (Å²) in [6.45, 7) is 3.33. The summed E-state index contributed by atoms with van der Waals surface area (Å²) in [7, 11) is 0. The van der Waals surface area contributed by atoms with E-state index in [1.165, 1.54) is 11.0 Å². The van der Waals surface area contributed by atoms with Crippen LogP contribution in [0.5, 0.6) is 5.75 Å². The van der Waals surface area contributed by atoms with Gasteiger partial charge in [0, 0.05) is 5.56 Å². The molecule has 1 aromatic carbocycles. The second kappa shape index (κ2) is 5.32. The van der Waals surface area contributed by atoms with Gasteiger partial charge >= 0.3 is 0 Å². The lowest BCUT2D eigenvalue weighted by Gasteiger charge is -2.33. The standard InChI is InChI=1S/C14H16N2O4/c1-3-10-13(19)15-12(18)7-16(10)14(20)9-5-4-8(2)11(17)6-9/h4-6,10,17H,3,7H2,1-2H3,(H,15,18,19). The van der Waals surface area contributed by atoms with Crippen molar-refractivity contribution in [3.05, 3.63) is 29.3 Å². The number of aryl methyl sites for hydroxylation is 1. The lowest BCUT2D eigenvalue weighted by molar-refractivity contribution is -0.138. The topological polar surface area (TPSA) is 86.7 Å². The highest BCUT2D eigenvalue weighted by Gasteiger charge is 2.35. The summed E-state index contributed by atoms with van der Waals surface area (Å²) in [5.74, 6) is -1.38. The van der Waals surface area contributed by atoms with Gasteiger partial charge in [-0.1, -0.05) is 13.0 Å². The predicted octanol–water partition coefficient (Wildman–Crippen LogP) is 0.578. The Morgan fingerprint density at radius 2 is 2.15 bits per heavy atom. The minimum atomic E-state index is -0.663. The van der Waals surface area contributed by atoms with Crippen molar-refractivity contribution in [3.63, 3.8) is 0 Å². The van der Waals surface area contributed by atoms with E-state index in [0.717, 1.165) is 0 Å². The van der Waals surface area contributed by atoms with E-state index in [-0.39, 0.29) is 17.9 Å². The molecule has 0 spiro atoms. The maximum atomic E-state index is 12.4. The van der Waals surface area contributed by atoms with Gasteiger partial charge in [0.1, 0.15) is 18.3 Å². The van der Waals surface area contributed by atoms with Gasteiger partial charge < -0.3 is 10.0 Å². The van der Waals surface area contributed by atoms with Crippen LogP contribution in [0.4, 0.5) is 0 Å². The summed E-state index contributed by atoms with van der Waals surface area (Å²) in [5.41, 5.74) is 0.912. The first kappa shape index (κ1) is 14.0. The summed E-state index contributed by atoms with van der Waals surface area (Å²) < 4.78 is 0. The Balaban J connectivity index is 2.32. The molecule has 6 heteroatoms. The number of carbonyl (C=O) groups excluding carboxylic acids is 3. The summed E-state index contributed by atoms with van der Waals surface area (Å²) in [5, 5.41) is 11.9. The molecule has 1 unspecified atom stereocenters. The van der Waals surface area contributed by atoms with Gasteiger partial charge in [-0.25, -0.2) is 0 Å². The number of nitrogens with one attached hydrogen (secondary N) is 1. The number of benzene rings is 1. The number of amides is 3. The highest BCUT2D eigenvalue weighted by molar-refractivity contribution is 6.07. The molecule has 1 heterocycles. The van der Waals surface area contributed by atoms with Crippen LogP contribution in [0.25, 0.3) is 0 Å². The molecule has 2 N–H and O–H groups in total. The lowest BCUT2D eigenvalue weighted by atomic mass is 10.1. The van der Waals surface area contributed by atoms with Crippen molar-refractivity contribution in [3.8, 4) is 5.75 Å². The summed E-state index contributed by atoms with van der Waals surface area (Å²) in [6.07, 6.45) is 0.419. The molecule has 20 heavy (non-hydrogen) atoms. The van der Waals surface area contributed by atoms with E-state index in [9.17, 15) is 19.5 Å². The second-order valence-electron chi connectivity index (χ2n) is 4.77. The molecule has 1 fully saturated rings. The average Bonchev–Trinajstić information content (AvgIpc) is 2.40. The van der Waals surface area contributed by atoms with E-state index in [4.69, 9.17) is 0 Å². The largest absolute Gasteiger partial charge is 0.508 e. The molecule has 0 bridgehead atoms. The number of phenolic OH excluding ortho intramolecular Hbond substituents is 1. The predicted molar refractivity (Wildman–Crippen MR) is 71.1 cm³/mol. The van der Waals surface area contributed by atoms with Crippen LogP contribution in [0.1, 0.15) is 29.3 Å². The number of aromatic hydroxyl groups is 1. The van der Waals surface area contributed by atoms with E-state index in [1.54, 1.807) is 26.0 Å². The molecule has 106 valence electrons. The van der Waals surface area contributed by atoms with Crippen LogP contribution in [0.3, 0.4) is 0 Å². The Bertz CT molecular complexity index is 583. The molecule has 0 aliphatic carbocycles. The molecule has 0 saturated carbocycles. The van der Waals surface area contributed by atoms with Crippen LogP contribution in [0, 0.1) is 6.92 Å². The first-order chi connectivity index (χ1) is 9.43. The molecule has 1 aliphatic rings. The molecule has 0 radical (unpaired) electrons. The number of piperazine rings is 1. The van der Waals surface area contributed by atoms with Crippen molar-refractivity contribution in [2.45, 2.75) is 26.3 Å². The van der Waals surface area contributed by atoms with Crippen molar-refractivity contribution in [1.82, 2.24) is 10.2 Å². The zero-order chi connectivity index (χ0) is 14.9. The van der Waals surface area contributed by atoms with Crippen LogP contribution < -0.4 is 5.32 Å². The fourth-order valence-corrected chi connectivity index (χ4v) is 2.19. The Kier molecular flexibility index (Phi) is 3.74. The molecular weight excluding hydrogens is 260 g/mol. The van der Waals surface area contributed by atoms with Crippen molar-refractivity contribution >= 4 is 17.7 Å². The van der Waals surface area contributed by atoms with Gasteiger partial charge in [0.25, 0.3) is 5.91 Å². The van der Waals surface area contributed by atoms with Gasteiger partial charge in [-0.05, 0) is 31.0 Å². The molecule has 1 saturated heterocycles. The van der Waals surface area contributed by atoms with Crippen LogP contribution in [0.15, 0.2) is 18.2 Å². The summed E-state index contributed by atoms with van der Waals surface area (Å²) >= 11 is 0. The number of nitrogens with zero attached hydrogens (tertiary/aromatic N) is 1. The number of hydrogen-bond acceptors (Lipinski definition) is 4. The Labute approximate surface area is 116 Å². The second-order valence-corrected chi connectivity index (χ2v) is 4.77. The molecular formula is C14H16N2O4. The normalized spacial score (nSPS) is 18.9. The van der Waals surface area contributed by atoms with E-state index in [1.807, 2.05) is 0 Å². The van der Waals surface area contributed by atoms with Crippen molar-refractivity contribution in [1.29, 1.82) is 0 Å². The highest BCUT2D eigenvalue weighted by Crippen LogP contribution is 2.20. The zero-order valence-corrected chi connectivity index (χ0v) is 11.3. The number of rotatable bonds is 2. The zero-order valence-electron chi connectivity index (χ0n) is 11.3. The van der Waals surface area contributed by atoms with E-state index >= 15 is 0 Å². The van der Waals surface area contributed by atoms with E-state index in [2.05, 4.69) is 5.32 Å². The van der Waals surface area contributed by atoms with Gasteiger partial charge in [-0.2, -0.15) is 0 Å². The van der Waals surface area contributed by atoms with Crippen molar-refractivity contribution < 1.29 is 19.5 Å². The number of hydrogen-bond donors (Lipinski definition) is 2. The first-order valence-electron chi connectivity index (χ1n) is 6.38. The Morgan fingerprint density at radius 3 is 2.75 bits per heavy atom. The monoisotopic (exact) mass is 276 g/mol. The fraction of sp³-hybridized carbons (Fsp3) is 0.357. The molecule has 3 amide bonds. The highest BCUT2D eigenvalue weighted by atomic mass is 16.3. The maximum absolute atomic E-state index is 12.4. The maximum Gasteiger partial charge on any atom is 0.255 e. The minimum absolute atomic E-state index is 0.0108. The Morgan fingerprint density at radius 1 is 1.45 bits per heavy atom. The molecule has 0 aromatic heterocycles. The molecule has 1 aliphatic heterocycles. The quantitative estimate of drug-likeness (QED) is 0.773. The number of imide groups is 1. The lowest BCUT2D eigenvalue weighted by Crippen LogP contribution is -2.59. The first-order valence-corrected chi connectivity index (χ1v) is 6.38. The van der Waals surface area contributed by atoms with Gasteiger partial charge in [-0.3, -0.25) is 19.7 Å². The summed E-state index contributed by atoms with van der Waals surface area (Å²) in [4.78, 5) is 36.8. The van der Waals surface area contributed by atoms with Crippen LogP contribution >= 0.6 is 0 Å². The van der Waals surface area contributed by atoms with Gasteiger partial charge in [0.2, 0.25) is 11.8 Å². The van der Waals surface area contributed by atoms with Gasteiger partial charge in [0.05, 0.1) is 0 Å². The van der Waals surface area contributed by atoms with Gasteiger partial charge in [0.15, 0.2) is 0 Å². The van der Waals surface area contributed by atoms with Gasteiger partial charge in [-0.15, -0.1) is 0 Å². The third-order valence-electron chi connectivity index (χ3n) is 3.36. The average molecular weight is 276 g/mol. The third kappa shape index (κ3) is 2.49. The van der Waals surface area contributed by atoms with Crippen LogP contribution in [0.2, 0.25) is 0 Å². The molecule has 6 nitrogen and oxygen atoms in total. The van der Waals surface area contributed by atoms with Crippen LogP contribution in [-0.2, 0) is 9.59 Å². The van der Waals surface area contributed by atoms with Crippen molar-refractivity contribution in [2.75, 3.05) is 6.54 Å². The van der Waals surface area contributed by atoms with Crippen LogP contribution in [-0.4, -0.2) is 40.3 Å². The van der Waals surface area contributed by atoms with Crippen molar-refractivity contribution in [2.24, 2.45) is 0 Å². The molecule has 1 atom stereocenters. The molecule has 2 rings (SSSR count). The van der Waals surface area contributed by atoms with E-state index < -0.39 is 23.8 Å². The third-order valence-corrected chi connectivity index (χ3v) is 3.36. The number of phenols is 1. The SMILES string of the molecule is CCC1C(=O)NC(=O)CN1C(=O)c1ccc(C)c(O)c1. The minimum Gasteiger partial charge on any atom is -0.508 e. The Hall–Kier alpha value is -2.37. The fourth-order valence-electron chi connectivity index (χ4n) is 2.19. The summed E-state index contributed by atoms with van der Waals surface area (Å²) in [6, 6.07) is 3.88. The molecule has 1 aromatic rings. The van der Waals surface area contributed by atoms with E-state index in [0.29, 0.717) is 12.0 Å².